The van der Waals surface area contributed by atoms with Gasteiger partial charge in [-0.15, -0.1) is 0 Å². The molecule has 0 rings (SSSR count). The molecule has 94 valence electrons. The van der Waals surface area contributed by atoms with Gasteiger partial charge in [0.15, 0.2) is 0 Å². The molecule has 0 aliphatic carbocycles. The molecule has 0 bridgehead atoms. The first kappa shape index (κ1) is 15.2. The topological polar surface area (TPSA) is 38.3 Å². The molecule has 0 radical (unpaired) electrons. The van der Waals surface area contributed by atoms with Crippen molar-refractivity contribution in [2.75, 3.05) is 13.7 Å². The molecule has 0 fully saturated rings. The summed E-state index contributed by atoms with van der Waals surface area (Å²) in [6.07, 6.45) is 3.74. The predicted molar refractivity (Wildman–Crippen MR) is 67.3 cm³/mol. The maximum absolute atomic E-state index is 11.3. The summed E-state index contributed by atoms with van der Waals surface area (Å²) in [6, 6.07) is 0.506. The summed E-state index contributed by atoms with van der Waals surface area (Å²) >= 11 is 0. The molecule has 0 saturated heterocycles. The molecule has 1 atom stereocenters. The number of rotatable bonds is 7. The fourth-order valence-corrected chi connectivity index (χ4v) is 1.69. The molecule has 3 nitrogen and oxygen atoms in total. The van der Waals surface area contributed by atoms with Crippen molar-refractivity contribution in [1.82, 2.24) is 5.32 Å². The normalized spacial score (nSPS) is 14.0. The van der Waals surface area contributed by atoms with Gasteiger partial charge < -0.3 is 10.1 Å². The zero-order chi connectivity index (χ0) is 12.6. The summed E-state index contributed by atoms with van der Waals surface area (Å²) in [5, 5.41) is 3.43. The Morgan fingerprint density at radius 1 is 1.38 bits per heavy atom. The number of hydrogen-bond donors (Lipinski definition) is 1. The van der Waals surface area contributed by atoms with E-state index in [0.29, 0.717) is 18.4 Å². The summed E-state index contributed by atoms with van der Waals surface area (Å²) in [5.41, 5.74) is 0.744. The van der Waals surface area contributed by atoms with E-state index < -0.39 is 0 Å². The van der Waals surface area contributed by atoms with E-state index in [0.717, 1.165) is 18.5 Å². The molecule has 0 aromatic heterocycles. The Kier molecular flexibility index (Phi) is 7.90. The third-order valence-electron chi connectivity index (χ3n) is 2.80. The highest BCUT2D eigenvalue weighted by molar-refractivity contribution is 5.88. The summed E-state index contributed by atoms with van der Waals surface area (Å²) in [4.78, 5) is 11.3. The van der Waals surface area contributed by atoms with Crippen LogP contribution in [0.3, 0.4) is 0 Å². The number of hydrogen-bond acceptors (Lipinski definition) is 3. The van der Waals surface area contributed by atoms with Crippen molar-refractivity contribution in [1.29, 1.82) is 0 Å². The van der Waals surface area contributed by atoms with Crippen LogP contribution in [0.1, 0.15) is 40.5 Å². The monoisotopic (exact) mass is 227 g/mol. The number of nitrogens with one attached hydrogen (secondary N) is 1. The number of carbonyl (C=O) groups is 1. The Balaban J connectivity index is 4.18. The van der Waals surface area contributed by atoms with Crippen molar-refractivity contribution in [2.24, 2.45) is 5.92 Å². The van der Waals surface area contributed by atoms with Crippen LogP contribution in [-0.2, 0) is 9.53 Å². The van der Waals surface area contributed by atoms with E-state index in [4.69, 9.17) is 4.74 Å². The Morgan fingerprint density at radius 2 is 2.00 bits per heavy atom. The van der Waals surface area contributed by atoms with Crippen LogP contribution in [0.5, 0.6) is 0 Å². The van der Waals surface area contributed by atoms with E-state index >= 15 is 0 Å². The second-order valence-electron chi connectivity index (χ2n) is 4.24. The molecule has 1 N–H and O–H groups in total. The van der Waals surface area contributed by atoms with Crippen molar-refractivity contribution in [3.63, 3.8) is 0 Å². The van der Waals surface area contributed by atoms with Gasteiger partial charge >= 0.3 is 5.97 Å². The predicted octanol–water partition coefficient (Wildman–Crippen LogP) is 2.52. The third kappa shape index (κ3) is 5.31. The van der Waals surface area contributed by atoms with Gasteiger partial charge in [0.1, 0.15) is 0 Å². The highest BCUT2D eigenvalue weighted by Gasteiger charge is 2.10. The lowest BCUT2D eigenvalue weighted by Gasteiger charge is -2.19. The standard InChI is InChI=1S/C13H25NO2/c1-6-11(13(15)16-5)8-9-14-12(7-2)10(3)4/h8,10,12,14H,6-7,9H2,1-5H3/b11-8-. The van der Waals surface area contributed by atoms with Crippen molar-refractivity contribution in [2.45, 2.75) is 46.6 Å². The van der Waals surface area contributed by atoms with Crippen molar-refractivity contribution >= 4 is 5.97 Å². The number of carbonyl (C=O) groups excluding carboxylic acids is 1. The van der Waals surface area contributed by atoms with Gasteiger partial charge in [-0.2, -0.15) is 0 Å². The van der Waals surface area contributed by atoms with E-state index in [-0.39, 0.29) is 5.97 Å². The molecule has 3 heteroatoms. The molecular formula is C13H25NO2. The van der Waals surface area contributed by atoms with Crippen LogP contribution in [0.4, 0.5) is 0 Å². The highest BCUT2D eigenvalue weighted by atomic mass is 16.5. The smallest absolute Gasteiger partial charge is 0.333 e. The van der Waals surface area contributed by atoms with Gasteiger partial charge in [-0.1, -0.05) is 33.8 Å². The number of esters is 1. The lowest BCUT2D eigenvalue weighted by Crippen LogP contribution is -2.33. The van der Waals surface area contributed by atoms with Crippen LogP contribution in [0.25, 0.3) is 0 Å². The fourth-order valence-electron chi connectivity index (χ4n) is 1.69. The first-order valence-electron chi connectivity index (χ1n) is 6.07. The molecule has 1 unspecified atom stereocenters. The Labute approximate surface area is 99.3 Å². The third-order valence-corrected chi connectivity index (χ3v) is 2.80. The van der Waals surface area contributed by atoms with E-state index in [1.54, 1.807) is 0 Å². The minimum absolute atomic E-state index is 0.220. The molecule has 0 saturated carbocycles. The SMILES string of the molecule is CC/C(=C/CNC(CC)C(C)C)C(=O)OC. The quantitative estimate of drug-likeness (QED) is 0.536. The molecule has 0 aromatic carbocycles. The van der Waals surface area contributed by atoms with Crippen molar-refractivity contribution in [3.8, 4) is 0 Å². The number of ether oxygens (including phenoxy) is 1. The van der Waals surface area contributed by atoms with E-state index in [2.05, 4.69) is 26.1 Å². The van der Waals surface area contributed by atoms with Crippen molar-refractivity contribution in [3.05, 3.63) is 11.6 Å². The lowest BCUT2D eigenvalue weighted by atomic mass is 10.0. The van der Waals surface area contributed by atoms with Gasteiger partial charge in [0.2, 0.25) is 0 Å². The van der Waals surface area contributed by atoms with Gasteiger partial charge in [0, 0.05) is 18.2 Å². The van der Waals surface area contributed by atoms with Crippen LogP contribution in [0.15, 0.2) is 11.6 Å². The van der Waals surface area contributed by atoms with Gasteiger partial charge in [0.25, 0.3) is 0 Å². The summed E-state index contributed by atoms with van der Waals surface area (Å²) < 4.78 is 4.70. The van der Waals surface area contributed by atoms with E-state index in [1.807, 2.05) is 13.0 Å². The van der Waals surface area contributed by atoms with E-state index in [1.165, 1.54) is 7.11 Å². The molecule has 0 amide bonds. The minimum Gasteiger partial charge on any atom is -0.466 e. The lowest BCUT2D eigenvalue weighted by molar-refractivity contribution is -0.136. The molecular weight excluding hydrogens is 202 g/mol. The average Bonchev–Trinajstić information content (AvgIpc) is 2.28. The molecule has 0 aliphatic heterocycles. The van der Waals surface area contributed by atoms with Crippen LogP contribution < -0.4 is 5.32 Å². The molecule has 0 aromatic rings. The van der Waals surface area contributed by atoms with Crippen LogP contribution in [-0.4, -0.2) is 25.7 Å². The van der Waals surface area contributed by atoms with Gasteiger partial charge in [-0.3, -0.25) is 0 Å². The highest BCUT2D eigenvalue weighted by Crippen LogP contribution is 2.06. The maximum Gasteiger partial charge on any atom is 0.333 e. The summed E-state index contributed by atoms with van der Waals surface area (Å²) in [6.45, 7) is 9.26. The zero-order valence-corrected chi connectivity index (χ0v) is 11.2. The Morgan fingerprint density at radius 3 is 2.38 bits per heavy atom. The minimum atomic E-state index is -0.220. The number of methoxy groups -OCH3 is 1. The largest absolute Gasteiger partial charge is 0.466 e. The Hall–Kier alpha value is -0.830. The molecule has 16 heavy (non-hydrogen) atoms. The molecule has 0 aliphatic rings. The van der Waals surface area contributed by atoms with Crippen LogP contribution in [0, 0.1) is 5.92 Å². The Bertz CT molecular complexity index is 234. The second kappa shape index (κ2) is 8.34. The van der Waals surface area contributed by atoms with Gasteiger partial charge in [-0.05, 0) is 18.8 Å². The molecule has 0 heterocycles. The van der Waals surface area contributed by atoms with Gasteiger partial charge in [0.05, 0.1) is 7.11 Å². The fraction of sp³-hybridized carbons (Fsp3) is 0.769. The summed E-state index contributed by atoms with van der Waals surface area (Å²) in [5.74, 6) is 0.392. The summed E-state index contributed by atoms with van der Waals surface area (Å²) in [7, 11) is 1.42. The average molecular weight is 227 g/mol. The van der Waals surface area contributed by atoms with Gasteiger partial charge in [-0.25, -0.2) is 4.79 Å². The first-order valence-corrected chi connectivity index (χ1v) is 6.07. The first-order chi connectivity index (χ1) is 7.56. The maximum atomic E-state index is 11.3. The second-order valence-corrected chi connectivity index (χ2v) is 4.24. The van der Waals surface area contributed by atoms with Crippen LogP contribution >= 0.6 is 0 Å². The van der Waals surface area contributed by atoms with Crippen LogP contribution in [0.2, 0.25) is 0 Å². The molecule has 0 spiro atoms. The zero-order valence-electron chi connectivity index (χ0n) is 11.2. The van der Waals surface area contributed by atoms with Crippen molar-refractivity contribution < 1.29 is 9.53 Å². The van der Waals surface area contributed by atoms with E-state index in [9.17, 15) is 4.79 Å².